The Morgan fingerprint density at radius 3 is 2.73 bits per heavy atom. The van der Waals surface area contributed by atoms with E-state index in [-0.39, 0.29) is 6.03 Å². The van der Waals surface area contributed by atoms with Crippen LogP contribution >= 0.6 is 22.7 Å². The Bertz CT molecular complexity index is 915. The van der Waals surface area contributed by atoms with Crippen molar-refractivity contribution in [3.05, 3.63) is 35.2 Å². The van der Waals surface area contributed by atoms with Gasteiger partial charge in [0.05, 0.1) is 16.8 Å². The molecule has 1 aromatic carbocycles. The number of rotatable bonds is 3. The van der Waals surface area contributed by atoms with Crippen LogP contribution in [-0.2, 0) is 0 Å². The molecule has 0 unspecified atom stereocenters. The third-order valence-corrected chi connectivity index (χ3v) is 6.54. The lowest BCUT2D eigenvalue weighted by Crippen LogP contribution is -2.50. The van der Waals surface area contributed by atoms with Crippen molar-refractivity contribution < 1.29 is 9.53 Å². The molecule has 0 radical (unpaired) electrons. The van der Waals surface area contributed by atoms with E-state index in [9.17, 15) is 4.79 Å². The molecule has 0 spiro atoms. The number of thiophene rings is 1. The molecule has 1 N–H and O–H groups in total. The SMILES string of the molecule is COc1ccc(C)c2sc(N3CCN(C(=O)Nc4cccs4)CC3)nc12. The summed E-state index contributed by atoms with van der Waals surface area (Å²) in [6.45, 7) is 5.02. The Morgan fingerprint density at radius 1 is 1.23 bits per heavy atom. The number of carbonyl (C=O) groups is 1. The molecule has 26 heavy (non-hydrogen) atoms. The summed E-state index contributed by atoms with van der Waals surface area (Å²) >= 11 is 3.22. The first-order chi connectivity index (χ1) is 12.7. The minimum Gasteiger partial charge on any atom is -0.494 e. The van der Waals surface area contributed by atoms with Gasteiger partial charge in [-0.05, 0) is 36.1 Å². The van der Waals surface area contributed by atoms with E-state index in [1.807, 2.05) is 28.5 Å². The van der Waals surface area contributed by atoms with E-state index < -0.39 is 0 Å². The molecule has 1 saturated heterocycles. The fraction of sp³-hybridized carbons (Fsp3) is 0.333. The first kappa shape index (κ1) is 17.1. The van der Waals surface area contributed by atoms with Crippen LogP contribution < -0.4 is 15.0 Å². The lowest BCUT2D eigenvalue weighted by molar-refractivity contribution is 0.208. The smallest absolute Gasteiger partial charge is 0.322 e. The van der Waals surface area contributed by atoms with Gasteiger partial charge in [0.25, 0.3) is 0 Å². The van der Waals surface area contributed by atoms with E-state index in [1.54, 1.807) is 18.4 Å². The molecule has 3 aromatic rings. The minimum absolute atomic E-state index is 0.0334. The molecule has 1 fully saturated rings. The number of hydrogen-bond acceptors (Lipinski definition) is 6. The summed E-state index contributed by atoms with van der Waals surface area (Å²) in [7, 11) is 1.67. The van der Waals surface area contributed by atoms with E-state index in [0.29, 0.717) is 13.1 Å². The van der Waals surface area contributed by atoms with Crippen LogP contribution in [-0.4, -0.2) is 49.2 Å². The number of ether oxygens (including phenoxy) is 1. The number of carbonyl (C=O) groups excluding carboxylic acids is 1. The van der Waals surface area contributed by atoms with E-state index in [2.05, 4.69) is 23.2 Å². The van der Waals surface area contributed by atoms with E-state index in [0.717, 1.165) is 39.2 Å². The molecule has 3 heterocycles. The number of nitrogens with zero attached hydrogens (tertiary/aromatic N) is 3. The van der Waals surface area contributed by atoms with Gasteiger partial charge in [-0.25, -0.2) is 9.78 Å². The number of hydrogen-bond donors (Lipinski definition) is 1. The van der Waals surface area contributed by atoms with Crippen LogP contribution in [0.2, 0.25) is 0 Å². The van der Waals surface area contributed by atoms with Gasteiger partial charge >= 0.3 is 6.03 Å². The molecule has 2 aromatic heterocycles. The average Bonchev–Trinajstić information content (AvgIpc) is 3.32. The summed E-state index contributed by atoms with van der Waals surface area (Å²) < 4.78 is 6.61. The van der Waals surface area contributed by atoms with Crippen LogP contribution in [0.1, 0.15) is 5.56 Å². The summed E-state index contributed by atoms with van der Waals surface area (Å²) in [5, 5.41) is 6.78. The maximum atomic E-state index is 12.4. The summed E-state index contributed by atoms with van der Waals surface area (Å²) in [6, 6.07) is 7.84. The Hall–Kier alpha value is -2.32. The summed E-state index contributed by atoms with van der Waals surface area (Å²) in [4.78, 5) is 21.3. The van der Waals surface area contributed by atoms with Crippen LogP contribution in [0.3, 0.4) is 0 Å². The molecule has 136 valence electrons. The van der Waals surface area contributed by atoms with Gasteiger partial charge in [0, 0.05) is 26.2 Å². The monoisotopic (exact) mass is 388 g/mol. The Labute approximate surface area is 160 Å². The van der Waals surface area contributed by atoms with Gasteiger partial charge in [-0.1, -0.05) is 17.4 Å². The number of benzene rings is 1. The summed E-state index contributed by atoms with van der Waals surface area (Å²) in [5.41, 5.74) is 2.13. The molecular weight excluding hydrogens is 368 g/mol. The molecular formula is C18H20N4O2S2. The third-order valence-electron chi connectivity index (χ3n) is 4.50. The number of methoxy groups -OCH3 is 1. The molecule has 0 saturated carbocycles. The molecule has 2 amide bonds. The molecule has 0 aliphatic carbocycles. The Kier molecular flexibility index (Phi) is 4.69. The largest absolute Gasteiger partial charge is 0.494 e. The highest BCUT2D eigenvalue weighted by atomic mass is 32.1. The van der Waals surface area contributed by atoms with Crippen molar-refractivity contribution in [2.75, 3.05) is 43.5 Å². The van der Waals surface area contributed by atoms with E-state index in [4.69, 9.17) is 9.72 Å². The number of fused-ring (bicyclic) bond motifs is 1. The fourth-order valence-corrected chi connectivity index (χ4v) is 4.74. The first-order valence-electron chi connectivity index (χ1n) is 8.44. The molecule has 0 bridgehead atoms. The number of amides is 2. The van der Waals surface area contributed by atoms with Crippen LogP contribution in [0.4, 0.5) is 14.9 Å². The zero-order valence-electron chi connectivity index (χ0n) is 14.7. The van der Waals surface area contributed by atoms with Crippen molar-refractivity contribution in [3.8, 4) is 5.75 Å². The van der Waals surface area contributed by atoms with Crippen molar-refractivity contribution >= 4 is 49.1 Å². The molecule has 1 aliphatic rings. The quantitative estimate of drug-likeness (QED) is 0.736. The number of nitrogens with one attached hydrogen (secondary N) is 1. The summed E-state index contributed by atoms with van der Waals surface area (Å²) in [5.74, 6) is 0.807. The number of anilines is 2. The zero-order valence-corrected chi connectivity index (χ0v) is 16.3. The lowest BCUT2D eigenvalue weighted by Gasteiger charge is -2.34. The standard InChI is InChI=1S/C18H20N4O2S2/c1-12-5-6-13(24-2)15-16(12)26-18(20-15)22-9-7-21(8-10-22)17(23)19-14-4-3-11-25-14/h3-6,11H,7-10H2,1-2H3,(H,19,23). The van der Waals surface area contributed by atoms with Gasteiger partial charge in [-0.15, -0.1) is 11.3 Å². The number of piperazine rings is 1. The van der Waals surface area contributed by atoms with Gasteiger partial charge < -0.3 is 14.5 Å². The van der Waals surface area contributed by atoms with Crippen LogP contribution in [0.15, 0.2) is 29.6 Å². The fourth-order valence-electron chi connectivity index (χ4n) is 3.03. The second-order valence-corrected chi connectivity index (χ2v) is 8.07. The molecule has 0 atom stereocenters. The number of urea groups is 1. The van der Waals surface area contributed by atoms with Crippen LogP contribution in [0.5, 0.6) is 5.75 Å². The van der Waals surface area contributed by atoms with Gasteiger partial charge in [0.2, 0.25) is 0 Å². The lowest BCUT2D eigenvalue weighted by atomic mass is 10.2. The van der Waals surface area contributed by atoms with Gasteiger partial charge in [0.1, 0.15) is 11.3 Å². The van der Waals surface area contributed by atoms with Crippen molar-refractivity contribution in [3.63, 3.8) is 0 Å². The highest BCUT2D eigenvalue weighted by molar-refractivity contribution is 7.22. The topological polar surface area (TPSA) is 57.7 Å². The van der Waals surface area contributed by atoms with Crippen LogP contribution in [0.25, 0.3) is 10.2 Å². The predicted molar refractivity (Wildman–Crippen MR) is 108 cm³/mol. The molecule has 6 nitrogen and oxygen atoms in total. The molecule has 1 aliphatic heterocycles. The van der Waals surface area contributed by atoms with Crippen molar-refractivity contribution in [1.82, 2.24) is 9.88 Å². The van der Waals surface area contributed by atoms with E-state index in [1.165, 1.54) is 16.9 Å². The first-order valence-corrected chi connectivity index (χ1v) is 10.1. The third kappa shape index (κ3) is 3.22. The summed E-state index contributed by atoms with van der Waals surface area (Å²) in [6.07, 6.45) is 0. The van der Waals surface area contributed by atoms with Crippen molar-refractivity contribution in [2.45, 2.75) is 6.92 Å². The second kappa shape index (κ2) is 7.13. The minimum atomic E-state index is -0.0334. The van der Waals surface area contributed by atoms with Crippen LogP contribution in [0, 0.1) is 6.92 Å². The second-order valence-electron chi connectivity index (χ2n) is 6.14. The Balaban J connectivity index is 1.45. The number of thiazole rings is 1. The van der Waals surface area contributed by atoms with Crippen molar-refractivity contribution in [2.24, 2.45) is 0 Å². The van der Waals surface area contributed by atoms with E-state index >= 15 is 0 Å². The average molecular weight is 389 g/mol. The highest BCUT2D eigenvalue weighted by Crippen LogP contribution is 2.36. The maximum absolute atomic E-state index is 12.4. The van der Waals surface area contributed by atoms with Crippen molar-refractivity contribution in [1.29, 1.82) is 0 Å². The predicted octanol–water partition coefficient (Wildman–Crippen LogP) is 4.03. The normalized spacial score (nSPS) is 14.7. The highest BCUT2D eigenvalue weighted by Gasteiger charge is 2.24. The number of aryl methyl sites for hydroxylation is 1. The molecule has 8 heteroatoms. The number of aromatic nitrogens is 1. The van der Waals surface area contributed by atoms with Gasteiger partial charge in [-0.3, -0.25) is 5.32 Å². The zero-order chi connectivity index (χ0) is 18.1. The Morgan fingerprint density at radius 2 is 2.04 bits per heavy atom. The van der Waals surface area contributed by atoms with Gasteiger partial charge in [0.15, 0.2) is 5.13 Å². The maximum Gasteiger partial charge on any atom is 0.322 e. The molecule has 4 rings (SSSR count). The van der Waals surface area contributed by atoms with Gasteiger partial charge in [-0.2, -0.15) is 0 Å².